The number of aliphatic hydroxyl groups is 2. The van der Waals surface area contributed by atoms with Crippen LogP contribution >= 0.6 is 15.9 Å². The molecule has 0 heterocycles. The summed E-state index contributed by atoms with van der Waals surface area (Å²) < 4.78 is 1.11. The van der Waals surface area contributed by atoms with E-state index in [0.29, 0.717) is 17.8 Å². The van der Waals surface area contributed by atoms with Gasteiger partial charge in [-0.15, -0.1) is 0 Å². The lowest BCUT2D eigenvalue weighted by atomic mass is 9.45. The van der Waals surface area contributed by atoms with Crippen molar-refractivity contribution in [1.82, 2.24) is 0 Å². The fraction of sp³-hybridized carbons (Fsp3) is 0.529. The molecule has 0 aromatic heterocycles. The van der Waals surface area contributed by atoms with E-state index in [-0.39, 0.29) is 11.3 Å². The molecule has 0 radical (unpaired) electrons. The summed E-state index contributed by atoms with van der Waals surface area (Å²) in [6, 6.07) is 16.9. The first kappa shape index (κ1) is 26.9. The van der Waals surface area contributed by atoms with Gasteiger partial charge in [0.1, 0.15) is 0 Å². The molecule has 5 atom stereocenters. The van der Waals surface area contributed by atoms with E-state index in [1.807, 2.05) is 19.9 Å². The molecule has 3 heteroatoms. The standard InChI is InChI=1S/C34H43BrO2/c1-31(2)18-10-19-33(4)28(31)17-22-34(5,37)29(33)16-21-32(3,36)20-15-25-23-11-6-8-13-26(23)30(35)27-14-9-7-12-24(25)27/h6-9,11-15,20,28-29,36-37H,10,16-19,21-22H2,1-5H3/b20-15+/t28-,29+,32-,33-,34+/m0/s1. The minimum Gasteiger partial charge on any atom is -0.390 e. The van der Waals surface area contributed by atoms with Crippen molar-refractivity contribution < 1.29 is 10.2 Å². The van der Waals surface area contributed by atoms with Crippen LogP contribution in [0.25, 0.3) is 27.6 Å². The van der Waals surface area contributed by atoms with Crippen LogP contribution < -0.4 is 0 Å². The Kier molecular flexibility index (Phi) is 6.91. The Labute approximate surface area is 231 Å². The van der Waals surface area contributed by atoms with E-state index in [9.17, 15) is 10.2 Å². The molecule has 0 bridgehead atoms. The first-order valence-corrected chi connectivity index (χ1v) is 14.9. The molecule has 3 aromatic carbocycles. The van der Waals surface area contributed by atoms with Gasteiger partial charge < -0.3 is 10.2 Å². The molecular formula is C34H43BrO2. The molecule has 2 fully saturated rings. The van der Waals surface area contributed by atoms with Crippen LogP contribution in [0.5, 0.6) is 0 Å². The van der Waals surface area contributed by atoms with Crippen molar-refractivity contribution in [3.63, 3.8) is 0 Å². The van der Waals surface area contributed by atoms with Crippen LogP contribution in [0.3, 0.4) is 0 Å². The van der Waals surface area contributed by atoms with Crippen molar-refractivity contribution in [3.8, 4) is 0 Å². The first-order valence-electron chi connectivity index (χ1n) is 14.1. The lowest BCUT2D eigenvalue weighted by Crippen LogP contribution is -2.57. The van der Waals surface area contributed by atoms with Crippen LogP contribution in [0.2, 0.25) is 0 Å². The van der Waals surface area contributed by atoms with Gasteiger partial charge >= 0.3 is 0 Å². The Bertz CT molecular complexity index is 1280. The molecule has 2 N–H and O–H groups in total. The average Bonchev–Trinajstić information content (AvgIpc) is 2.82. The highest BCUT2D eigenvalue weighted by Crippen LogP contribution is 2.63. The summed E-state index contributed by atoms with van der Waals surface area (Å²) in [5.74, 6) is 0.813. The van der Waals surface area contributed by atoms with Crippen molar-refractivity contribution in [2.45, 2.75) is 90.8 Å². The van der Waals surface area contributed by atoms with Crippen LogP contribution in [0.15, 0.2) is 59.1 Å². The van der Waals surface area contributed by atoms with Gasteiger partial charge in [-0.05, 0) is 118 Å². The predicted octanol–water partition coefficient (Wildman–Crippen LogP) is 9.29. The molecule has 2 aliphatic rings. The fourth-order valence-electron chi connectivity index (χ4n) is 8.34. The summed E-state index contributed by atoms with van der Waals surface area (Å²) >= 11 is 3.83. The number of rotatable bonds is 5. The number of hydrogen-bond acceptors (Lipinski definition) is 2. The van der Waals surface area contributed by atoms with Gasteiger partial charge in [0, 0.05) is 4.47 Å². The summed E-state index contributed by atoms with van der Waals surface area (Å²) in [6.07, 6.45) is 11.2. The molecule has 3 aromatic rings. The lowest BCUT2D eigenvalue weighted by molar-refractivity contribution is -0.171. The molecule has 2 nitrogen and oxygen atoms in total. The number of fused-ring (bicyclic) bond motifs is 3. The number of benzene rings is 3. The Morgan fingerprint density at radius 2 is 1.49 bits per heavy atom. The lowest BCUT2D eigenvalue weighted by Gasteiger charge is -2.61. The zero-order chi connectivity index (χ0) is 26.6. The highest BCUT2D eigenvalue weighted by Gasteiger charge is 2.57. The number of halogens is 1. The zero-order valence-electron chi connectivity index (χ0n) is 23.2. The van der Waals surface area contributed by atoms with E-state index in [1.54, 1.807) is 0 Å². The topological polar surface area (TPSA) is 40.5 Å². The van der Waals surface area contributed by atoms with Crippen molar-refractivity contribution in [1.29, 1.82) is 0 Å². The Morgan fingerprint density at radius 3 is 2.08 bits per heavy atom. The largest absolute Gasteiger partial charge is 0.390 e. The van der Waals surface area contributed by atoms with Gasteiger partial charge in [0.05, 0.1) is 11.2 Å². The molecule has 5 rings (SSSR count). The summed E-state index contributed by atoms with van der Waals surface area (Å²) in [5, 5.41) is 27.9. The molecule has 0 amide bonds. The molecule has 37 heavy (non-hydrogen) atoms. The molecule has 2 aliphatic carbocycles. The van der Waals surface area contributed by atoms with Gasteiger partial charge in [-0.1, -0.05) is 87.9 Å². The summed E-state index contributed by atoms with van der Waals surface area (Å²) in [7, 11) is 0. The van der Waals surface area contributed by atoms with Crippen LogP contribution in [-0.4, -0.2) is 21.4 Å². The van der Waals surface area contributed by atoms with Gasteiger partial charge in [-0.25, -0.2) is 0 Å². The van der Waals surface area contributed by atoms with Crippen LogP contribution in [-0.2, 0) is 0 Å². The number of hydrogen-bond donors (Lipinski definition) is 2. The highest BCUT2D eigenvalue weighted by molar-refractivity contribution is 9.10. The van der Waals surface area contributed by atoms with Gasteiger partial charge in [0.2, 0.25) is 0 Å². The average molecular weight is 564 g/mol. The third-order valence-corrected chi connectivity index (χ3v) is 11.1. The summed E-state index contributed by atoms with van der Waals surface area (Å²) in [6.45, 7) is 11.3. The fourth-order valence-corrected chi connectivity index (χ4v) is 9.03. The summed E-state index contributed by atoms with van der Waals surface area (Å²) in [5.41, 5.74) is -0.0783. The zero-order valence-corrected chi connectivity index (χ0v) is 24.7. The maximum absolute atomic E-state index is 11.6. The second-order valence-corrected chi connectivity index (χ2v) is 14.2. The maximum atomic E-state index is 11.6. The molecule has 2 saturated carbocycles. The monoisotopic (exact) mass is 562 g/mol. The normalized spacial score (nSPS) is 31.5. The van der Waals surface area contributed by atoms with Crippen LogP contribution in [0.1, 0.15) is 85.1 Å². The van der Waals surface area contributed by atoms with E-state index >= 15 is 0 Å². The second-order valence-electron chi connectivity index (χ2n) is 13.4. The van der Waals surface area contributed by atoms with Crippen LogP contribution in [0.4, 0.5) is 0 Å². The van der Waals surface area contributed by atoms with E-state index < -0.39 is 11.2 Å². The smallest absolute Gasteiger partial charge is 0.0803 e. The first-order chi connectivity index (χ1) is 17.4. The van der Waals surface area contributed by atoms with E-state index in [4.69, 9.17) is 0 Å². The predicted molar refractivity (Wildman–Crippen MR) is 161 cm³/mol. The molecule has 0 unspecified atom stereocenters. The minimum absolute atomic E-state index is 0.113. The van der Waals surface area contributed by atoms with Crippen molar-refractivity contribution >= 4 is 43.6 Å². The van der Waals surface area contributed by atoms with Crippen molar-refractivity contribution in [2.75, 3.05) is 0 Å². The van der Waals surface area contributed by atoms with Gasteiger partial charge in [-0.3, -0.25) is 0 Å². The third-order valence-electron chi connectivity index (χ3n) is 10.2. The molecule has 0 saturated heterocycles. The quantitative estimate of drug-likeness (QED) is 0.304. The third kappa shape index (κ3) is 4.81. The van der Waals surface area contributed by atoms with Crippen molar-refractivity contribution in [3.05, 3.63) is 64.6 Å². The van der Waals surface area contributed by atoms with Gasteiger partial charge in [0.15, 0.2) is 0 Å². The Hall–Kier alpha value is -1.68. The Morgan fingerprint density at radius 1 is 0.919 bits per heavy atom. The van der Waals surface area contributed by atoms with Gasteiger partial charge in [0.25, 0.3) is 0 Å². The maximum Gasteiger partial charge on any atom is 0.0803 e. The Balaban J connectivity index is 1.45. The van der Waals surface area contributed by atoms with E-state index in [0.717, 1.165) is 29.3 Å². The SMILES string of the molecule is CC1(C)CCC[C@]2(C)[C@@H](CC[C@@](C)(O)/C=C/c3c4ccccc4c(Br)c4ccccc34)[C@](C)(O)CC[C@@H]12. The van der Waals surface area contributed by atoms with Gasteiger partial charge in [-0.2, -0.15) is 0 Å². The minimum atomic E-state index is -0.959. The second kappa shape index (κ2) is 9.50. The molecule has 0 aliphatic heterocycles. The highest BCUT2D eigenvalue weighted by atomic mass is 79.9. The molecule has 0 spiro atoms. The molecular weight excluding hydrogens is 520 g/mol. The summed E-state index contributed by atoms with van der Waals surface area (Å²) in [4.78, 5) is 0. The van der Waals surface area contributed by atoms with Crippen LogP contribution in [0, 0.1) is 22.7 Å². The van der Waals surface area contributed by atoms with E-state index in [2.05, 4.69) is 91.3 Å². The van der Waals surface area contributed by atoms with Crippen molar-refractivity contribution in [2.24, 2.45) is 22.7 Å². The van der Waals surface area contributed by atoms with E-state index in [1.165, 1.54) is 40.8 Å². The molecule has 198 valence electrons.